The number of carboxylic acid groups (broad SMARTS) is 1. The topological polar surface area (TPSA) is 84.9 Å². The van der Waals surface area contributed by atoms with Crippen LogP contribution in [0.25, 0.3) is 0 Å². The lowest BCUT2D eigenvalue weighted by molar-refractivity contribution is -0.144. The molecule has 1 amide bonds. The fourth-order valence-corrected chi connectivity index (χ4v) is 3.14. The number of rotatable bonds is 8. The first-order valence-electron chi connectivity index (χ1n) is 8.85. The van der Waals surface area contributed by atoms with E-state index < -0.39 is 11.9 Å². The lowest BCUT2D eigenvalue weighted by Gasteiger charge is -2.25. The summed E-state index contributed by atoms with van der Waals surface area (Å²) < 4.78 is 11.0. The third-order valence-electron chi connectivity index (χ3n) is 4.55. The molecule has 0 aliphatic heterocycles. The lowest BCUT2D eigenvalue weighted by Crippen LogP contribution is -2.35. The van der Waals surface area contributed by atoms with E-state index >= 15 is 0 Å². The van der Waals surface area contributed by atoms with E-state index in [-0.39, 0.29) is 11.8 Å². The van der Waals surface area contributed by atoms with E-state index in [1.807, 2.05) is 25.1 Å². The second-order valence-electron chi connectivity index (χ2n) is 6.45. The van der Waals surface area contributed by atoms with Crippen LogP contribution in [0.15, 0.2) is 18.2 Å². The average molecular weight is 349 g/mol. The molecule has 0 heterocycles. The van der Waals surface area contributed by atoms with Gasteiger partial charge in [0.25, 0.3) is 0 Å². The molecule has 6 heteroatoms. The summed E-state index contributed by atoms with van der Waals surface area (Å²) >= 11 is 0. The van der Waals surface area contributed by atoms with E-state index in [4.69, 9.17) is 14.6 Å². The molecule has 0 bridgehead atoms. The zero-order chi connectivity index (χ0) is 18.2. The van der Waals surface area contributed by atoms with Crippen LogP contribution in [0.4, 0.5) is 0 Å². The molecule has 1 aliphatic carbocycles. The Hall–Kier alpha value is -2.24. The molecule has 0 aromatic heterocycles. The number of carboxylic acids is 1. The summed E-state index contributed by atoms with van der Waals surface area (Å²) in [5.41, 5.74) is 0.916. The number of ether oxygens (including phenoxy) is 2. The zero-order valence-electron chi connectivity index (χ0n) is 14.9. The van der Waals surface area contributed by atoms with Gasteiger partial charge in [0.1, 0.15) is 0 Å². The largest absolute Gasteiger partial charge is 0.493 e. The summed E-state index contributed by atoms with van der Waals surface area (Å²) in [4.78, 5) is 23.5. The molecule has 1 aromatic carbocycles. The molecule has 1 aromatic rings. The number of nitrogens with one attached hydrogen (secondary N) is 1. The first-order chi connectivity index (χ1) is 12.0. The van der Waals surface area contributed by atoms with Gasteiger partial charge in [-0.1, -0.05) is 19.4 Å². The van der Waals surface area contributed by atoms with Crippen molar-refractivity contribution in [3.05, 3.63) is 23.8 Å². The van der Waals surface area contributed by atoms with Gasteiger partial charge in [0, 0.05) is 12.5 Å². The number of carbonyl (C=O) groups is 2. The molecule has 0 radical (unpaired) electrons. The van der Waals surface area contributed by atoms with Gasteiger partial charge < -0.3 is 19.9 Å². The molecular formula is C19H27NO5. The minimum atomic E-state index is -0.801. The number of hydrogen-bond acceptors (Lipinski definition) is 4. The average Bonchev–Trinajstić information content (AvgIpc) is 2.64. The molecule has 0 spiro atoms. The van der Waals surface area contributed by atoms with Gasteiger partial charge in [-0.25, -0.2) is 0 Å². The Morgan fingerprint density at radius 2 is 2.00 bits per heavy atom. The van der Waals surface area contributed by atoms with Crippen molar-refractivity contribution < 1.29 is 24.2 Å². The van der Waals surface area contributed by atoms with Crippen molar-refractivity contribution in [2.45, 2.75) is 45.6 Å². The van der Waals surface area contributed by atoms with Gasteiger partial charge >= 0.3 is 5.97 Å². The second-order valence-corrected chi connectivity index (χ2v) is 6.45. The number of aliphatic carboxylic acids is 1. The van der Waals surface area contributed by atoms with Crippen LogP contribution in [-0.2, 0) is 16.1 Å². The normalized spacial score (nSPS) is 19.9. The molecule has 2 unspecified atom stereocenters. The van der Waals surface area contributed by atoms with E-state index in [0.29, 0.717) is 37.5 Å². The van der Waals surface area contributed by atoms with Crippen LogP contribution in [0.5, 0.6) is 11.5 Å². The number of carbonyl (C=O) groups excluding carboxylic acids is 1. The molecule has 1 fully saturated rings. The van der Waals surface area contributed by atoms with Crippen molar-refractivity contribution in [1.29, 1.82) is 0 Å². The number of amides is 1. The van der Waals surface area contributed by atoms with Crippen molar-refractivity contribution in [3.63, 3.8) is 0 Å². The van der Waals surface area contributed by atoms with E-state index in [0.717, 1.165) is 24.8 Å². The van der Waals surface area contributed by atoms with Gasteiger partial charge in [-0.15, -0.1) is 0 Å². The molecular weight excluding hydrogens is 322 g/mol. The van der Waals surface area contributed by atoms with Crippen LogP contribution in [0.2, 0.25) is 0 Å². The Morgan fingerprint density at radius 3 is 2.68 bits per heavy atom. The summed E-state index contributed by atoms with van der Waals surface area (Å²) in [6.45, 7) is 3.05. The molecule has 25 heavy (non-hydrogen) atoms. The molecule has 1 saturated carbocycles. The summed E-state index contributed by atoms with van der Waals surface area (Å²) in [6, 6.07) is 5.60. The first-order valence-corrected chi connectivity index (χ1v) is 8.85. The smallest absolute Gasteiger partial charge is 0.306 e. The Bertz CT molecular complexity index is 601. The van der Waals surface area contributed by atoms with E-state index in [2.05, 4.69) is 5.32 Å². The quantitative estimate of drug-likeness (QED) is 0.754. The molecule has 1 aliphatic rings. The van der Waals surface area contributed by atoms with Gasteiger partial charge in [0.15, 0.2) is 11.5 Å². The molecule has 2 N–H and O–H groups in total. The minimum absolute atomic E-state index is 0.0729. The van der Waals surface area contributed by atoms with Crippen LogP contribution in [0.3, 0.4) is 0 Å². The summed E-state index contributed by atoms with van der Waals surface area (Å²) in [7, 11) is 1.59. The van der Waals surface area contributed by atoms with Crippen LogP contribution in [0, 0.1) is 11.8 Å². The lowest BCUT2D eigenvalue weighted by atomic mass is 9.81. The van der Waals surface area contributed by atoms with Crippen molar-refractivity contribution in [2.24, 2.45) is 11.8 Å². The van der Waals surface area contributed by atoms with Gasteiger partial charge in [-0.2, -0.15) is 0 Å². The van der Waals surface area contributed by atoms with Gasteiger partial charge in [0.05, 0.1) is 19.6 Å². The molecule has 2 rings (SSSR count). The van der Waals surface area contributed by atoms with Crippen molar-refractivity contribution in [2.75, 3.05) is 13.7 Å². The maximum atomic E-state index is 12.3. The molecule has 138 valence electrons. The van der Waals surface area contributed by atoms with Crippen molar-refractivity contribution in [1.82, 2.24) is 5.32 Å². The predicted molar refractivity (Wildman–Crippen MR) is 93.7 cm³/mol. The highest BCUT2D eigenvalue weighted by molar-refractivity contribution is 5.80. The Kier molecular flexibility index (Phi) is 7.10. The van der Waals surface area contributed by atoms with Crippen LogP contribution < -0.4 is 14.8 Å². The van der Waals surface area contributed by atoms with Gasteiger partial charge in [0.2, 0.25) is 5.91 Å². The minimum Gasteiger partial charge on any atom is -0.493 e. The second kappa shape index (κ2) is 9.30. The van der Waals surface area contributed by atoms with E-state index in [1.165, 1.54) is 0 Å². The monoisotopic (exact) mass is 349 g/mol. The number of benzene rings is 1. The Labute approximate surface area is 148 Å². The molecule has 6 nitrogen and oxygen atoms in total. The maximum Gasteiger partial charge on any atom is 0.306 e. The van der Waals surface area contributed by atoms with Crippen LogP contribution >= 0.6 is 0 Å². The fraction of sp³-hybridized carbons (Fsp3) is 0.579. The van der Waals surface area contributed by atoms with Crippen molar-refractivity contribution >= 4 is 11.9 Å². The highest BCUT2D eigenvalue weighted by atomic mass is 16.5. The fourth-order valence-electron chi connectivity index (χ4n) is 3.14. The maximum absolute atomic E-state index is 12.3. The van der Waals surface area contributed by atoms with E-state index in [9.17, 15) is 9.59 Å². The standard InChI is InChI=1S/C19H27NO5/c1-3-9-25-16-8-7-13(10-17(16)24-2)12-20-18(21)14-5-4-6-15(11-14)19(22)23/h7-8,10,14-15H,3-6,9,11-12H2,1-2H3,(H,20,21)(H,22,23). The Morgan fingerprint density at radius 1 is 1.24 bits per heavy atom. The van der Waals surface area contributed by atoms with E-state index in [1.54, 1.807) is 7.11 Å². The predicted octanol–water partition coefficient (Wildman–Crippen LogP) is 2.99. The first kappa shape index (κ1) is 19.1. The van der Waals surface area contributed by atoms with Gasteiger partial charge in [-0.05, 0) is 43.4 Å². The third kappa shape index (κ3) is 5.37. The summed E-state index contributed by atoms with van der Waals surface area (Å²) in [5, 5.41) is 12.0. The number of methoxy groups -OCH3 is 1. The van der Waals surface area contributed by atoms with Crippen LogP contribution in [-0.4, -0.2) is 30.7 Å². The Balaban J connectivity index is 1.91. The highest BCUT2D eigenvalue weighted by Crippen LogP contribution is 2.30. The molecule has 0 saturated heterocycles. The summed E-state index contributed by atoms with van der Waals surface area (Å²) in [6.07, 6.45) is 3.54. The van der Waals surface area contributed by atoms with Crippen LogP contribution in [0.1, 0.15) is 44.6 Å². The zero-order valence-corrected chi connectivity index (χ0v) is 14.9. The third-order valence-corrected chi connectivity index (χ3v) is 4.55. The highest BCUT2D eigenvalue weighted by Gasteiger charge is 2.30. The summed E-state index contributed by atoms with van der Waals surface area (Å²) in [5.74, 6) is -0.163. The van der Waals surface area contributed by atoms with Gasteiger partial charge in [-0.3, -0.25) is 9.59 Å². The SMILES string of the molecule is CCCOc1ccc(CNC(=O)C2CCCC(C(=O)O)C2)cc1OC. The number of hydrogen-bond donors (Lipinski definition) is 2. The molecule has 2 atom stereocenters. The van der Waals surface area contributed by atoms with Crippen molar-refractivity contribution in [3.8, 4) is 11.5 Å².